The maximum absolute atomic E-state index is 12.1. The Kier molecular flexibility index (Phi) is 8.13. The van der Waals surface area contributed by atoms with Crippen LogP contribution >= 0.6 is 11.8 Å². The van der Waals surface area contributed by atoms with E-state index in [9.17, 15) is 9.90 Å². The normalized spacial score (nSPS) is 29.2. The van der Waals surface area contributed by atoms with Crippen molar-refractivity contribution in [2.45, 2.75) is 68.8 Å². The topological polar surface area (TPSA) is 40.5 Å². The van der Waals surface area contributed by atoms with Crippen LogP contribution in [0.25, 0.3) is 0 Å². The van der Waals surface area contributed by atoms with E-state index >= 15 is 0 Å². The highest BCUT2D eigenvalue weighted by molar-refractivity contribution is 7.98. The molecule has 6 rings (SSSR count). The summed E-state index contributed by atoms with van der Waals surface area (Å²) in [5.41, 5.74) is 7.96. The molecule has 4 aliphatic carbocycles. The van der Waals surface area contributed by atoms with Gasteiger partial charge in [-0.25, -0.2) is 0 Å². The van der Waals surface area contributed by atoms with Crippen LogP contribution in [0.5, 0.6) is 0 Å². The van der Waals surface area contributed by atoms with Gasteiger partial charge in [-0.2, -0.15) is 0 Å². The van der Waals surface area contributed by atoms with E-state index < -0.39 is 0 Å². The zero-order chi connectivity index (χ0) is 27.7. The summed E-state index contributed by atoms with van der Waals surface area (Å²) in [5.74, 6) is 4.37. The molecule has 0 spiro atoms. The molecular weight excluding hydrogens is 498 g/mol. The van der Waals surface area contributed by atoms with Crippen molar-refractivity contribution in [2.24, 2.45) is 17.3 Å². The number of nitrogens with zero attached hydrogens (tertiary/aromatic N) is 1. The molecule has 0 aromatic heterocycles. The van der Waals surface area contributed by atoms with Crippen molar-refractivity contribution >= 4 is 23.2 Å². The molecule has 2 saturated carbocycles. The number of thioether (sulfide) groups is 1. The van der Waals surface area contributed by atoms with Gasteiger partial charge in [-0.1, -0.05) is 30.6 Å². The van der Waals surface area contributed by atoms with E-state index in [1.165, 1.54) is 27.3 Å². The number of rotatable bonds is 3. The highest BCUT2D eigenvalue weighted by atomic mass is 32.2. The number of hydrogen-bond donors (Lipinski definition) is 1. The molecule has 2 fully saturated rings. The van der Waals surface area contributed by atoms with Gasteiger partial charge < -0.3 is 10.0 Å². The molecule has 0 heterocycles. The third kappa shape index (κ3) is 5.37. The summed E-state index contributed by atoms with van der Waals surface area (Å²) in [6.07, 6.45) is 15.8. The minimum absolute atomic E-state index is 0.00527. The van der Waals surface area contributed by atoms with Crippen LogP contribution in [-0.4, -0.2) is 37.3 Å². The van der Waals surface area contributed by atoms with E-state index in [0.29, 0.717) is 30.0 Å². The van der Waals surface area contributed by atoms with Crippen LogP contribution in [0.15, 0.2) is 76.2 Å². The summed E-state index contributed by atoms with van der Waals surface area (Å²) in [6, 6.07) is 17.0. The number of benzene rings is 2. The fourth-order valence-corrected chi connectivity index (χ4v) is 8.03. The molecule has 0 aliphatic heterocycles. The maximum atomic E-state index is 12.1. The first-order chi connectivity index (χ1) is 18.7. The summed E-state index contributed by atoms with van der Waals surface area (Å²) in [6.45, 7) is 2.34. The number of fused-ring (bicyclic) bond motifs is 4. The number of carbonyl (C=O) groups is 1. The Bertz CT molecular complexity index is 1310. The van der Waals surface area contributed by atoms with Gasteiger partial charge in [-0.05, 0) is 121 Å². The molecule has 4 heteroatoms. The SMILES string of the molecule is C#Cc1ccc(SC)cc1.CN(C)c1ccc(C2CC3(C)C(O)CCC3C3CCC4=CC(=O)CCC4=C23)cc1. The second-order valence-electron chi connectivity index (χ2n) is 12.0. The first kappa shape index (κ1) is 27.8. The van der Waals surface area contributed by atoms with E-state index in [2.05, 4.69) is 56.1 Å². The van der Waals surface area contributed by atoms with Crippen LogP contribution in [-0.2, 0) is 4.79 Å². The lowest BCUT2D eigenvalue weighted by Crippen LogP contribution is -2.45. The molecule has 1 N–H and O–H groups in total. The van der Waals surface area contributed by atoms with E-state index in [1.807, 2.05) is 36.6 Å². The predicted molar refractivity (Wildman–Crippen MR) is 163 cm³/mol. The number of ketones is 1. The number of terminal acetylenes is 1. The number of allylic oxidation sites excluding steroid dienone is 4. The molecule has 2 aromatic carbocycles. The van der Waals surface area contributed by atoms with Crippen molar-refractivity contribution in [3.63, 3.8) is 0 Å². The van der Waals surface area contributed by atoms with E-state index in [1.54, 1.807) is 17.3 Å². The summed E-state index contributed by atoms with van der Waals surface area (Å²) >= 11 is 1.72. The molecule has 0 amide bonds. The Hall–Kier alpha value is -2.74. The minimum atomic E-state index is -0.188. The first-order valence-electron chi connectivity index (χ1n) is 14.3. The Labute approximate surface area is 238 Å². The number of anilines is 1. The third-order valence-electron chi connectivity index (χ3n) is 9.75. The summed E-state index contributed by atoms with van der Waals surface area (Å²) in [4.78, 5) is 15.5. The molecule has 0 bridgehead atoms. The van der Waals surface area contributed by atoms with Gasteiger partial charge >= 0.3 is 0 Å². The van der Waals surface area contributed by atoms with Crippen LogP contribution in [0.1, 0.15) is 68.9 Å². The second kappa shape index (κ2) is 11.4. The van der Waals surface area contributed by atoms with Crippen molar-refractivity contribution in [3.8, 4) is 12.3 Å². The van der Waals surface area contributed by atoms with Crippen molar-refractivity contribution < 1.29 is 9.90 Å². The highest BCUT2D eigenvalue weighted by Gasteiger charge is 2.56. The lowest BCUT2D eigenvalue weighted by atomic mass is 9.53. The second-order valence-corrected chi connectivity index (χ2v) is 12.9. The van der Waals surface area contributed by atoms with Gasteiger partial charge in [0, 0.05) is 42.6 Å². The monoisotopic (exact) mass is 539 g/mol. The standard InChI is InChI=1S/C26H33NO2.C9H8S/c1-26-15-22(16-4-7-18(8-5-16)27(2)3)25-20-11-9-19(28)14-17(20)6-10-21(25)23(26)12-13-24(26)29;1-3-8-4-6-9(10-2)7-5-8/h4-5,7-8,14,21-24,29H,6,9-13,15H2,1-3H3;1,4-7H,2H3. The lowest BCUT2D eigenvalue weighted by Gasteiger charge is -2.52. The molecular formula is C35H41NO2S. The van der Waals surface area contributed by atoms with Crippen LogP contribution in [0, 0.1) is 29.6 Å². The molecule has 0 saturated heterocycles. The minimum Gasteiger partial charge on any atom is -0.393 e. The first-order valence-corrected chi connectivity index (χ1v) is 15.5. The quantitative estimate of drug-likeness (QED) is 0.326. The largest absolute Gasteiger partial charge is 0.393 e. The molecule has 2 aromatic rings. The Morgan fingerprint density at radius 3 is 2.36 bits per heavy atom. The van der Waals surface area contributed by atoms with Crippen molar-refractivity contribution in [1.29, 1.82) is 0 Å². The summed E-state index contributed by atoms with van der Waals surface area (Å²) < 4.78 is 0. The zero-order valence-electron chi connectivity index (χ0n) is 23.7. The van der Waals surface area contributed by atoms with Gasteiger partial charge in [0.15, 0.2) is 5.78 Å². The van der Waals surface area contributed by atoms with E-state index in [-0.39, 0.29) is 11.5 Å². The maximum Gasteiger partial charge on any atom is 0.156 e. The molecule has 3 nitrogen and oxygen atoms in total. The Balaban J connectivity index is 0.000000261. The van der Waals surface area contributed by atoms with Crippen LogP contribution < -0.4 is 4.90 Å². The van der Waals surface area contributed by atoms with Crippen LogP contribution in [0.2, 0.25) is 0 Å². The number of carbonyl (C=O) groups excluding carboxylic acids is 1. The summed E-state index contributed by atoms with van der Waals surface area (Å²) in [5, 5.41) is 10.9. The Morgan fingerprint density at radius 1 is 1.00 bits per heavy atom. The number of aliphatic hydroxyl groups excluding tert-OH is 1. The average molecular weight is 540 g/mol. The smallest absolute Gasteiger partial charge is 0.156 e. The van der Waals surface area contributed by atoms with Crippen LogP contribution in [0.4, 0.5) is 5.69 Å². The fourth-order valence-electron chi connectivity index (χ4n) is 7.62. The molecule has 4 aliphatic rings. The number of hydrogen-bond acceptors (Lipinski definition) is 4. The average Bonchev–Trinajstić information content (AvgIpc) is 3.26. The van der Waals surface area contributed by atoms with Crippen molar-refractivity contribution in [2.75, 3.05) is 25.3 Å². The highest BCUT2D eigenvalue weighted by Crippen LogP contribution is 2.63. The van der Waals surface area contributed by atoms with Gasteiger partial charge in [-0.3, -0.25) is 4.79 Å². The van der Waals surface area contributed by atoms with E-state index in [0.717, 1.165) is 44.1 Å². The lowest BCUT2D eigenvalue weighted by molar-refractivity contribution is -0.114. The Morgan fingerprint density at radius 2 is 1.72 bits per heavy atom. The molecule has 5 unspecified atom stereocenters. The van der Waals surface area contributed by atoms with Gasteiger partial charge in [-0.15, -0.1) is 18.2 Å². The molecule has 39 heavy (non-hydrogen) atoms. The van der Waals surface area contributed by atoms with Crippen LogP contribution in [0.3, 0.4) is 0 Å². The van der Waals surface area contributed by atoms with E-state index in [4.69, 9.17) is 6.42 Å². The fraction of sp³-hybridized carbons (Fsp3) is 0.457. The number of aliphatic hydroxyl groups is 1. The van der Waals surface area contributed by atoms with Crippen molar-refractivity contribution in [3.05, 3.63) is 82.5 Å². The van der Waals surface area contributed by atoms with Gasteiger partial charge in [0.1, 0.15) is 0 Å². The summed E-state index contributed by atoms with van der Waals surface area (Å²) in [7, 11) is 4.15. The van der Waals surface area contributed by atoms with Gasteiger partial charge in [0.25, 0.3) is 0 Å². The predicted octanol–water partition coefficient (Wildman–Crippen LogP) is 7.40. The van der Waals surface area contributed by atoms with Gasteiger partial charge in [0.05, 0.1) is 6.10 Å². The van der Waals surface area contributed by atoms with Gasteiger partial charge in [0.2, 0.25) is 0 Å². The molecule has 0 radical (unpaired) electrons. The third-order valence-corrected chi connectivity index (χ3v) is 10.5. The molecule has 204 valence electrons. The molecule has 5 atom stereocenters. The zero-order valence-corrected chi connectivity index (χ0v) is 24.6. The van der Waals surface area contributed by atoms with Crippen molar-refractivity contribution in [1.82, 2.24) is 0 Å².